The van der Waals surface area contributed by atoms with Crippen LogP contribution < -0.4 is 16.2 Å². The lowest BCUT2D eigenvalue weighted by atomic mass is 9.87. The molecule has 0 aliphatic carbocycles. The highest BCUT2D eigenvalue weighted by Gasteiger charge is 2.29. The van der Waals surface area contributed by atoms with Crippen molar-refractivity contribution in [2.45, 2.75) is 43.7 Å². The lowest BCUT2D eigenvalue weighted by Crippen LogP contribution is -2.48. The van der Waals surface area contributed by atoms with Crippen molar-refractivity contribution >= 4 is 39.3 Å². The molecule has 0 saturated carbocycles. The van der Waals surface area contributed by atoms with Gasteiger partial charge in [0.05, 0.1) is 17.8 Å². The zero-order valence-corrected chi connectivity index (χ0v) is 27.8. The van der Waals surface area contributed by atoms with Crippen LogP contribution in [0.3, 0.4) is 0 Å². The van der Waals surface area contributed by atoms with Crippen LogP contribution in [-0.2, 0) is 23.2 Å². The van der Waals surface area contributed by atoms with Crippen molar-refractivity contribution in [2.24, 2.45) is 7.05 Å². The molecule has 3 aliphatic rings. The van der Waals surface area contributed by atoms with Gasteiger partial charge in [-0.3, -0.25) is 29.4 Å². The second kappa shape index (κ2) is 13.9. The van der Waals surface area contributed by atoms with Crippen molar-refractivity contribution in [3.05, 3.63) is 91.8 Å². The summed E-state index contributed by atoms with van der Waals surface area (Å²) in [4.78, 5) is 55.9. The molecule has 3 saturated heterocycles. The summed E-state index contributed by atoms with van der Waals surface area (Å²) in [7, 11) is 3.73. The number of likely N-dealkylation sites (N-methyl/N-ethyl adjacent to an activating group) is 1. The van der Waals surface area contributed by atoms with Crippen molar-refractivity contribution in [1.82, 2.24) is 29.8 Å². The molecule has 0 radical (unpaired) electrons. The molecule has 0 bridgehead atoms. The molecule has 12 heteroatoms. The molecule has 6 rings (SSSR count). The summed E-state index contributed by atoms with van der Waals surface area (Å²) in [5.41, 5.74) is 4.53. The predicted molar refractivity (Wildman–Crippen MR) is 179 cm³/mol. The molecule has 2 aromatic carbocycles. The number of piperazine rings is 1. The van der Waals surface area contributed by atoms with Gasteiger partial charge >= 0.3 is 0 Å². The number of likely N-dealkylation sites (tertiary alicyclic amines) is 1. The third-order valence-electron chi connectivity index (χ3n) is 9.39. The van der Waals surface area contributed by atoms with Crippen LogP contribution in [0.15, 0.2) is 64.0 Å². The van der Waals surface area contributed by atoms with E-state index in [1.807, 2.05) is 29.2 Å². The minimum Gasteiger partial charge on any atom is -0.379 e. The summed E-state index contributed by atoms with van der Waals surface area (Å²) in [6, 6.07) is 16.3. The summed E-state index contributed by atoms with van der Waals surface area (Å²) in [5.74, 6) is -0.337. The number of rotatable bonds is 7. The third-order valence-corrected chi connectivity index (χ3v) is 10.2. The fourth-order valence-corrected chi connectivity index (χ4v) is 7.28. The highest BCUT2D eigenvalue weighted by Crippen LogP contribution is 2.30. The molecule has 3 aromatic rings. The van der Waals surface area contributed by atoms with Crippen molar-refractivity contribution in [3.63, 3.8) is 0 Å². The Hall–Kier alpha value is -3.87. The third kappa shape index (κ3) is 7.24. The Kier molecular flexibility index (Phi) is 9.67. The second-order valence-electron chi connectivity index (χ2n) is 12.7. The van der Waals surface area contributed by atoms with E-state index in [-0.39, 0.29) is 35.2 Å². The Balaban J connectivity index is 1.00. The van der Waals surface area contributed by atoms with Gasteiger partial charge in [0, 0.05) is 70.9 Å². The van der Waals surface area contributed by atoms with Gasteiger partial charge in [-0.1, -0.05) is 36.4 Å². The standard InChI is InChI=1S/C34H40BrN7O4/c1-39-20-26(17-27(21-39)37-29-18-36-40(2)34(46)31(29)35)23-7-9-25(10-8-23)33(45)42-15-13-41(14-16-42)19-22-3-5-24(6-4-22)28-11-12-30(43)38-32(28)44/h3-10,18,26-28,37H,11-17,19-21H2,1-2H3,(H,38,43,44). The first-order valence-corrected chi connectivity index (χ1v) is 16.6. The van der Waals surface area contributed by atoms with Crippen LogP contribution in [0.25, 0.3) is 0 Å². The SMILES string of the molecule is CN1CC(Nc2cnn(C)c(=O)c2Br)CC(c2ccc(C(=O)N3CCN(Cc4ccc(C5CCC(=O)NC5=O)cc4)CC3)cc2)C1. The van der Waals surface area contributed by atoms with Crippen LogP contribution in [-0.4, -0.2) is 94.6 Å². The largest absolute Gasteiger partial charge is 0.379 e. The molecule has 3 aliphatic heterocycles. The van der Waals surface area contributed by atoms with Gasteiger partial charge in [0.25, 0.3) is 11.5 Å². The first kappa shape index (κ1) is 32.1. The van der Waals surface area contributed by atoms with Gasteiger partial charge in [0.15, 0.2) is 0 Å². The van der Waals surface area contributed by atoms with Crippen molar-refractivity contribution < 1.29 is 14.4 Å². The van der Waals surface area contributed by atoms with Crippen LogP contribution in [0.4, 0.5) is 5.69 Å². The number of amides is 3. The number of carbonyl (C=O) groups excluding carboxylic acids is 3. The van der Waals surface area contributed by atoms with E-state index in [1.54, 1.807) is 13.2 Å². The molecule has 3 atom stereocenters. The smallest absolute Gasteiger partial charge is 0.282 e. The molecule has 1 aromatic heterocycles. The zero-order chi connectivity index (χ0) is 32.4. The summed E-state index contributed by atoms with van der Waals surface area (Å²) >= 11 is 3.42. The lowest BCUT2D eigenvalue weighted by molar-refractivity contribution is -0.134. The Morgan fingerprint density at radius 3 is 2.35 bits per heavy atom. The number of nitrogens with one attached hydrogen (secondary N) is 2. The highest BCUT2D eigenvalue weighted by atomic mass is 79.9. The Morgan fingerprint density at radius 2 is 1.65 bits per heavy atom. The van der Waals surface area contributed by atoms with Crippen molar-refractivity contribution in [1.29, 1.82) is 0 Å². The predicted octanol–water partition coefficient (Wildman–Crippen LogP) is 2.92. The second-order valence-corrected chi connectivity index (χ2v) is 13.5. The van der Waals surface area contributed by atoms with Gasteiger partial charge in [-0.15, -0.1) is 0 Å². The van der Waals surface area contributed by atoms with E-state index in [2.05, 4.69) is 72.8 Å². The van der Waals surface area contributed by atoms with Crippen molar-refractivity contribution in [3.8, 4) is 0 Å². The van der Waals surface area contributed by atoms with Gasteiger partial charge in [0.2, 0.25) is 11.8 Å². The van der Waals surface area contributed by atoms with Crippen molar-refractivity contribution in [2.75, 3.05) is 51.6 Å². The summed E-state index contributed by atoms with van der Waals surface area (Å²) in [5, 5.41) is 10.1. The number of carbonyl (C=O) groups is 3. The molecule has 0 spiro atoms. The number of anilines is 1. The lowest BCUT2D eigenvalue weighted by Gasteiger charge is -2.37. The Morgan fingerprint density at radius 1 is 0.957 bits per heavy atom. The maximum Gasteiger partial charge on any atom is 0.282 e. The number of hydrogen-bond acceptors (Lipinski definition) is 8. The van der Waals surface area contributed by atoms with E-state index in [4.69, 9.17) is 0 Å². The van der Waals surface area contributed by atoms with Crippen LogP contribution >= 0.6 is 15.9 Å². The zero-order valence-electron chi connectivity index (χ0n) is 26.2. The van der Waals surface area contributed by atoms with Gasteiger partial charge in [0.1, 0.15) is 4.47 Å². The number of halogens is 1. The first-order chi connectivity index (χ1) is 22.1. The Labute approximate surface area is 277 Å². The average Bonchev–Trinajstić information content (AvgIpc) is 3.05. The minimum atomic E-state index is -0.272. The maximum atomic E-state index is 13.4. The van der Waals surface area contributed by atoms with E-state index in [1.165, 1.54) is 10.2 Å². The normalized spacial score (nSPS) is 22.8. The van der Waals surface area contributed by atoms with E-state index in [9.17, 15) is 19.2 Å². The average molecular weight is 691 g/mol. The summed E-state index contributed by atoms with van der Waals surface area (Å²) < 4.78 is 1.79. The quantitative estimate of drug-likeness (QED) is 0.364. The number of piperidine rings is 2. The fourth-order valence-electron chi connectivity index (χ4n) is 6.81. The van der Waals surface area contributed by atoms with E-state index < -0.39 is 0 Å². The fraction of sp³-hybridized carbons (Fsp3) is 0.441. The molecule has 4 heterocycles. The highest BCUT2D eigenvalue weighted by molar-refractivity contribution is 9.10. The number of aryl methyl sites for hydroxylation is 1. The molecule has 2 N–H and O–H groups in total. The number of hydrogen-bond donors (Lipinski definition) is 2. The van der Waals surface area contributed by atoms with Gasteiger partial charge in [-0.05, 0) is 70.6 Å². The topological polar surface area (TPSA) is 120 Å². The molecule has 3 unspecified atom stereocenters. The number of benzene rings is 2. The molecule has 3 amide bonds. The van der Waals surface area contributed by atoms with Crippen LogP contribution in [0.1, 0.15) is 58.1 Å². The maximum absolute atomic E-state index is 13.4. The molecule has 242 valence electrons. The molecule has 46 heavy (non-hydrogen) atoms. The summed E-state index contributed by atoms with van der Waals surface area (Å²) in [6.45, 7) is 5.48. The van der Waals surface area contributed by atoms with E-state index in [0.717, 1.165) is 50.3 Å². The number of imide groups is 1. The monoisotopic (exact) mass is 689 g/mol. The van der Waals surface area contributed by atoms with E-state index in [0.29, 0.717) is 47.6 Å². The van der Waals surface area contributed by atoms with Gasteiger partial charge in [-0.2, -0.15) is 5.10 Å². The molecule has 3 fully saturated rings. The van der Waals surface area contributed by atoms with Gasteiger partial charge in [-0.25, -0.2) is 4.68 Å². The summed E-state index contributed by atoms with van der Waals surface area (Å²) in [6.07, 6.45) is 3.51. The molecule has 11 nitrogen and oxygen atoms in total. The first-order valence-electron chi connectivity index (χ1n) is 15.9. The van der Waals surface area contributed by atoms with Crippen LogP contribution in [0.5, 0.6) is 0 Å². The van der Waals surface area contributed by atoms with Crippen LogP contribution in [0.2, 0.25) is 0 Å². The number of aromatic nitrogens is 2. The Bertz CT molecular complexity index is 1650. The number of nitrogens with zero attached hydrogens (tertiary/aromatic N) is 5. The van der Waals surface area contributed by atoms with Gasteiger partial charge < -0.3 is 15.1 Å². The van der Waals surface area contributed by atoms with Crippen LogP contribution in [0, 0.1) is 0 Å². The molecular formula is C34H40BrN7O4. The van der Waals surface area contributed by atoms with E-state index >= 15 is 0 Å². The minimum absolute atomic E-state index is 0.0584. The molecular weight excluding hydrogens is 650 g/mol.